The lowest BCUT2D eigenvalue weighted by Gasteiger charge is -2.21. The van der Waals surface area contributed by atoms with E-state index in [9.17, 15) is 13.2 Å². The lowest BCUT2D eigenvalue weighted by atomic mass is 9.86. The van der Waals surface area contributed by atoms with Crippen molar-refractivity contribution in [2.24, 2.45) is 0 Å². The molecule has 0 saturated carbocycles. The zero-order valence-corrected chi connectivity index (χ0v) is 8.58. The van der Waals surface area contributed by atoms with E-state index < -0.39 is 23.0 Å². The Morgan fingerprint density at radius 1 is 1.00 bits per heavy atom. The van der Waals surface area contributed by atoms with Gasteiger partial charge in [0.25, 0.3) is 0 Å². The van der Waals surface area contributed by atoms with Crippen LogP contribution < -0.4 is 0 Å². The molecule has 1 nitrogen and oxygen atoms in total. The van der Waals surface area contributed by atoms with Crippen LogP contribution in [0.2, 0.25) is 0 Å². The molecular weight excluding hydrogens is 191 g/mol. The van der Waals surface area contributed by atoms with Crippen LogP contribution in [0.4, 0.5) is 13.2 Å². The number of rotatable bonds is 0. The summed E-state index contributed by atoms with van der Waals surface area (Å²) in [5.74, 6) is -3.20. The minimum Gasteiger partial charge on any atom is -0.219 e. The van der Waals surface area contributed by atoms with Crippen LogP contribution in [0.3, 0.4) is 0 Å². The Bertz CT molecular complexity index is 340. The van der Waals surface area contributed by atoms with E-state index in [0.717, 1.165) is 0 Å². The van der Waals surface area contributed by atoms with E-state index in [4.69, 9.17) is 0 Å². The highest BCUT2D eigenvalue weighted by Crippen LogP contribution is 2.29. The number of hydrogen-bond donors (Lipinski definition) is 0. The van der Waals surface area contributed by atoms with Gasteiger partial charge in [-0.15, -0.1) is 0 Å². The molecule has 0 fully saturated rings. The molecule has 0 radical (unpaired) electrons. The van der Waals surface area contributed by atoms with Gasteiger partial charge in [0.2, 0.25) is 5.95 Å². The number of aryl methyl sites for hydroxylation is 1. The van der Waals surface area contributed by atoms with Crippen LogP contribution in [-0.4, -0.2) is 4.98 Å². The van der Waals surface area contributed by atoms with Gasteiger partial charge in [0.05, 0.1) is 5.69 Å². The molecule has 0 saturated heterocycles. The van der Waals surface area contributed by atoms with Gasteiger partial charge < -0.3 is 0 Å². The van der Waals surface area contributed by atoms with E-state index in [1.54, 1.807) is 20.8 Å². The van der Waals surface area contributed by atoms with Crippen molar-refractivity contribution in [2.75, 3.05) is 0 Å². The maximum atomic E-state index is 13.5. The van der Waals surface area contributed by atoms with E-state index in [2.05, 4.69) is 4.98 Å². The molecule has 0 atom stereocenters. The van der Waals surface area contributed by atoms with Crippen LogP contribution in [0.1, 0.15) is 32.0 Å². The van der Waals surface area contributed by atoms with Gasteiger partial charge in [-0.1, -0.05) is 20.8 Å². The van der Waals surface area contributed by atoms with Gasteiger partial charge in [-0.25, -0.2) is 13.8 Å². The van der Waals surface area contributed by atoms with Crippen LogP contribution in [0.15, 0.2) is 0 Å². The Kier molecular flexibility index (Phi) is 2.56. The van der Waals surface area contributed by atoms with Crippen LogP contribution in [0, 0.1) is 24.5 Å². The molecule has 1 heterocycles. The predicted molar refractivity (Wildman–Crippen MR) is 47.5 cm³/mol. The quantitative estimate of drug-likeness (QED) is 0.590. The maximum Gasteiger partial charge on any atom is 0.249 e. The predicted octanol–water partition coefficient (Wildman–Crippen LogP) is 3.10. The Hall–Kier alpha value is -1.06. The first-order valence-corrected chi connectivity index (χ1v) is 4.26. The SMILES string of the molecule is Cc1nc(F)c(F)c(C(C)(C)C)c1F. The van der Waals surface area contributed by atoms with Crippen molar-refractivity contribution in [3.8, 4) is 0 Å². The molecule has 0 spiro atoms. The fourth-order valence-corrected chi connectivity index (χ4v) is 1.28. The molecule has 0 aromatic carbocycles. The third-order valence-corrected chi connectivity index (χ3v) is 1.95. The number of aromatic nitrogens is 1. The zero-order valence-electron chi connectivity index (χ0n) is 8.58. The first-order chi connectivity index (χ1) is 6.25. The highest BCUT2D eigenvalue weighted by molar-refractivity contribution is 5.27. The normalized spacial score (nSPS) is 11.9. The standard InChI is InChI=1S/C10H12F3N/c1-5-7(11)6(10(2,3)4)8(12)9(13)14-5/h1-4H3. The Morgan fingerprint density at radius 2 is 1.50 bits per heavy atom. The molecular formula is C10H12F3N. The van der Waals surface area contributed by atoms with Crippen LogP contribution >= 0.6 is 0 Å². The molecule has 0 bridgehead atoms. The molecule has 0 N–H and O–H groups in total. The molecule has 0 aliphatic carbocycles. The number of nitrogens with zero attached hydrogens (tertiary/aromatic N) is 1. The largest absolute Gasteiger partial charge is 0.249 e. The lowest BCUT2D eigenvalue weighted by Crippen LogP contribution is -2.19. The summed E-state index contributed by atoms with van der Waals surface area (Å²) >= 11 is 0. The smallest absolute Gasteiger partial charge is 0.219 e. The van der Waals surface area contributed by atoms with Crippen molar-refractivity contribution in [1.29, 1.82) is 0 Å². The summed E-state index contributed by atoms with van der Waals surface area (Å²) in [4.78, 5) is 3.13. The highest BCUT2D eigenvalue weighted by Gasteiger charge is 2.27. The van der Waals surface area contributed by atoms with Gasteiger partial charge in [0, 0.05) is 5.56 Å². The highest BCUT2D eigenvalue weighted by atomic mass is 19.2. The van der Waals surface area contributed by atoms with E-state index in [1.165, 1.54) is 6.92 Å². The maximum absolute atomic E-state index is 13.5. The van der Waals surface area contributed by atoms with Crippen molar-refractivity contribution >= 4 is 0 Å². The van der Waals surface area contributed by atoms with Gasteiger partial charge in [-0.05, 0) is 12.3 Å². The van der Waals surface area contributed by atoms with Gasteiger partial charge in [0.15, 0.2) is 11.6 Å². The molecule has 1 aromatic heterocycles. The summed E-state index contributed by atoms with van der Waals surface area (Å²) in [6.45, 7) is 6.17. The van der Waals surface area contributed by atoms with Crippen molar-refractivity contribution in [3.63, 3.8) is 0 Å². The van der Waals surface area contributed by atoms with E-state index in [-0.39, 0.29) is 11.3 Å². The van der Waals surface area contributed by atoms with E-state index in [0.29, 0.717) is 0 Å². The summed E-state index contributed by atoms with van der Waals surface area (Å²) in [5.41, 5.74) is -1.14. The minimum atomic E-state index is -1.24. The van der Waals surface area contributed by atoms with Crippen molar-refractivity contribution in [1.82, 2.24) is 4.98 Å². The number of halogens is 3. The number of pyridine rings is 1. The second-order valence-corrected chi connectivity index (χ2v) is 4.24. The summed E-state index contributed by atoms with van der Waals surface area (Å²) in [7, 11) is 0. The number of hydrogen-bond acceptors (Lipinski definition) is 1. The summed E-state index contributed by atoms with van der Waals surface area (Å²) in [6.07, 6.45) is 0. The molecule has 1 aromatic rings. The lowest BCUT2D eigenvalue weighted by molar-refractivity contribution is 0.411. The third-order valence-electron chi connectivity index (χ3n) is 1.95. The molecule has 0 unspecified atom stereocenters. The molecule has 78 valence electrons. The average molecular weight is 203 g/mol. The second kappa shape index (κ2) is 3.26. The topological polar surface area (TPSA) is 12.9 Å². The molecule has 0 aliphatic rings. The fourth-order valence-electron chi connectivity index (χ4n) is 1.28. The third kappa shape index (κ3) is 1.74. The van der Waals surface area contributed by atoms with Crippen molar-refractivity contribution in [2.45, 2.75) is 33.1 Å². The molecule has 14 heavy (non-hydrogen) atoms. The minimum absolute atomic E-state index is 0.117. The van der Waals surface area contributed by atoms with E-state index >= 15 is 0 Å². The molecule has 4 heteroatoms. The first-order valence-electron chi connectivity index (χ1n) is 4.26. The van der Waals surface area contributed by atoms with Gasteiger partial charge in [-0.2, -0.15) is 4.39 Å². The molecule has 0 amide bonds. The molecule has 0 aliphatic heterocycles. The Balaban J connectivity index is 3.56. The molecule has 1 rings (SSSR count). The second-order valence-electron chi connectivity index (χ2n) is 4.24. The summed E-state index contributed by atoms with van der Waals surface area (Å²) in [6, 6.07) is 0. The average Bonchev–Trinajstić information content (AvgIpc) is 1.98. The summed E-state index contributed by atoms with van der Waals surface area (Å²) < 4.78 is 39.6. The Labute approximate surface area is 81.0 Å². The van der Waals surface area contributed by atoms with Crippen LogP contribution in [0.25, 0.3) is 0 Å². The van der Waals surface area contributed by atoms with Crippen LogP contribution in [0.5, 0.6) is 0 Å². The van der Waals surface area contributed by atoms with Crippen molar-refractivity contribution < 1.29 is 13.2 Å². The zero-order chi connectivity index (χ0) is 11.1. The first kappa shape index (κ1) is 11.0. The van der Waals surface area contributed by atoms with Crippen LogP contribution in [-0.2, 0) is 5.41 Å². The van der Waals surface area contributed by atoms with E-state index in [1.807, 2.05) is 0 Å². The monoisotopic (exact) mass is 203 g/mol. The Morgan fingerprint density at radius 3 is 1.93 bits per heavy atom. The fraction of sp³-hybridized carbons (Fsp3) is 0.500. The van der Waals surface area contributed by atoms with Gasteiger partial charge in [0.1, 0.15) is 0 Å². The van der Waals surface area contributed by atoms with Gasteiger partial charge in [-0.3, -0.25) is 0 Å². The summed E-state index contributed by atoms with van der Waals surface area (Å²) in [5, 5.41) is 0. The van der Waals surface area contributed by atoms with Gasteiger partial charge >= 0.3 is 0 Å². The van der Waals surface area contributed by atoms with Crippen molar-refractivity contribution in [3.05, 3.63) is 28.8 Å².